The minimum Gasteiger partial charge on any atom is -0.496 e. The number of methoxy groups -OCH3 is 2. The van der Waals surface area contributed by atoms with E-state index in [9.17, 15) is 0 Å². The number of para-hydroxylation sites is 1. The molecule has 0 aliphatic carbocycles. The Bertz CT molecular complexity index is 961. The van der Waals surface area contributed by atoms with E-state index in [0.29, 0.717) is 24.9 Å². The molecule has 1 aliphatic rings. The molecule has 3 aromatic rings. The second-order valence-electron chi connectivity index (χ2n) is 7.22. The zero-order valence-corrected chi connectivity index (χ0v) is 17.4. The summed E-state index contributed by atoms with van der Waals surface area (Å²) in [5.41, 5.74) is 1.97. The molecule has 0 saturated carbocycles. The SMILES string of the molecule is COCCNc1ncccc1-c1noc([C@H]2CCCN2Cc2ccccc2OC)n1. The Balaban J connectivity index is 1.52. The minimum atomic E-state index is 0.0951. The predicted octanol–water partition coefficient (Wildman–Crippen LogP) is 3.54. The van der Waals surface area contributed by atoms with E-state index in [0.717, 1.165) is 48.6 Å². The monoisotopic (exact) mass is 409 g/mol. The molecular weight excluding hydrogens is 382 g/mol. The lowest BCUT2D eigenvalue weighted by atomic mass is 10.1. The first-order chi connectivity index (χ1) is 14.8. The van der Waals surface area contributed by atoms with Gasteiger partial charge in [-0.2, -0.15) is 4.98 Å². The first-order valence-electron chi connectivity index (χ1n) is 10.2. The molecule has 1 N–H and O–H groups in total. The standard InChI is InChI=1S/C22H27N5O3/c1-28-14-12-24-20-17(8-5-11-23-20)21-25-22(30-26-21)18-9-6-13-27(18)15-16-7-3-4-10-19(16)29-2/h3-5,7-8,10-11,18H,6,9,12-15H2,1-2H3,(H,23,24)/t18-/m1/s1. The van der Waals surface area contributed by atoms with E-state index in [-0.39, 0.29) is 6.04 Å². The third-order valence-corrected chi connectivity index (χ3v) is 5.30. The Labute approximate surface area is 176 Å². The lowest BCUT2D eigenvalue weighted by Crippen LogP contribution is -2.23. The summed E-state index contributed by atoms with van der Waals surface area (Å²) in [5, 5.41) is 7.51. The summed E-state index contributed by atoms with van der Waals surface area (Å²) >= 11 is 0. The third kappa shape index (κ3) is 4.44. The van der Waals surface area contributed by atoms with Gasteiger partial charge in [0.1, 0.15) is 11.6 Å². The summed E-state index contributed by atoms with van der Waals surface area (Å²) in [6, 6.07) is 12.0. The molecule has 1 saturated heterocycles. The van der Waals surface area contributed by atoms with Gasteiger partial charge in [-0.1, -0.05) is 23.4 Å². The van der Waals surface area contributed by atoms with Crippen LogP contribution in [0.1, 0.15) is 30.3 Å². The van der Waals surface area contributed by atoms with E-state index in [1.54, 1.807) is 20.4 Å². The maximum absolute atomic E-state index is 5.69. The molecule has 0 bridgehead atoms. The van der Waals surface area contributed by atoms with Crippen LogP contribution in [0.4, 0.5) is 5.82 Å². The number of ether oxygens (including phenoxy) is 2. The first kappa shape index (κ1) is 20.3. The first-order valence-corrected chi connectivity index (χ1v) is 10.2. The summed E-state index contributed by atoms with van der Waals surface area (Å²) in [6.45, 7) is 3.01. The van der Waals surface area contributed by atoms with Crippen LogP contribution in [0.5, 0.6) is 5.75 Å². The Morgan fingerprint density at radius 1 is 1.20 bits per heavy atom. The number of pyridine rings is 1. The number of nitrogens with zero attached hydrogens (tertiary/aromatic N) is 4. The molecule has 4 rings (SSSR count). The van der Waals surface area contributed by atoms with Gasteiger partial charge in [-0.15, -0.1) is 0 Å². The molecule has 0 spiro atoms. The summed E-state index contributed by atoms with van der Waals surface area (Å²) in [5.74, 6) is 2.81. The van der Waals surface area contributed by atoms with Crippen molar-refractivity contribution in [2.75, 3.05) is 39.2 Å². The maximum atomic E-state index is 5.69. The molecule has 2 aromatic heterocycles. The number of hydrogen-bond donors (Lipinski definition) is 1. The smallest absolute Gasteiger partial charge is 0.244 e. The van der Waals surface area contributed by atoms with E-state index in [2.05, 4.69) is 26.4 Å². The van der Waals surface area contributed by atoms with Crippen molar-refractivity contribution in [3.8, 4) is 17.1 Å². The van der Waals surface area contributed by atoms with Crippen LogP contribution in [0, 0.1) is 0 Å². The van der Waals surface area contributed by atoms with Gasteiger partial charge >= 0.3 is 0 Å². The molecule has 1 aromatic carbocycles. The van der Waals surface area contributed by atoms with Crippen molar-refractivity contribution in [3.63, 3.8) is 0 Å². The topological polar surface area (TPSA) is 85.5 Å². The summed E-state index contributed by atoms with van der Waals surface area (Å²) in [7, 11) is 3.38. The molecule has 0 amide bonds. The van der Waals surface area contributed by atoms with Crippen molar-refractivity contribution >= 4 is 5.82 Å². The van der Waals surface area contributed by atoms with Crippen LogP contribution < -0.4 is 10.1 Å². The number of aromatic nitrogens is 3. The van der Waals surface area contributed by atoms with Crippen molar-refractivity contribution in [2.24, 2.45) is 0 Å². The lowest BCUT2D eigenvalue weighted by Gasteiger charge is -2.22. The molecule has 8 nitrogen and oxygen atoms in total. The molecule has 0 unspecified atom stereocenters. The van der Waals surface area contributed by atoms with Gasteiger partial charge in [0.25, 0.3) is 0 Å². The van der Waals surface area contributed by atoms with Crippen molar-refractivity contribution < 1.29 is 14.0 Å². The highest BCUT2D eigenvalue weighted by Gasteiger charge is 2.31. The molecule has 30 heavy (non-hydrogen) atoms. The van der Waals surface area contributed by atoms with E-state index < -0.39 is 0 Å². The van der Waals surface area contributed by atoms with E-state index in [4.69, 9.17) is 19.0 Å². The molecule has 0 radical (unpaired) electrons. The highest BCUT2D eigenvalue weighted by Crippen LogP contribution is 2.35. The maximum Gasteiger partial charge on any atom is 0.244 e. The van der Waals surface area contributed by atoms with Gasteiger partial charge in [0.15, 0.2) is 0 Å². The van der Waals surface area contributed by atoms with Gasteiger partial charge < -0.3 is 19.3 Å². The molecule has 1 fully saturated rings. The van der Waals surface area contributed by atoms with Crippen LogP contribution in [-0.2, 0) is 11.3 Å². The van der Waals surface area contributed by atoms with Crippen molar-refractivity contribution in [3.05, 3.63) is 54.0 Å². The minimum absolute atomic E-state index is 0.0951. The fraction of sp³-hybridized carbons (Fsp3) is 0.409. The average Bonchev–Trinajstić information content (AvgIpc) is 3.44. The number of rotatable bonds is 9. The molecule has 3 heterocycles. The van der Waals surface area contributed by atoms with Crippen molar-refractivity contribution in [2.45, 2.75) is 25.4 Å². The normalized spacial score (nSPS) is 16.7. The largest absolute Gasteiger partial charge is 0.496 e. The summed E-state index contributed by atoms with van der Waals surface area (Å²) < 4.78 is 16.3. The second-order valence-corrected chi connectivity index (χ2v) is 7.22. The van der Waals surface area contributed by atoms with Crippen molar-refractivity contribution in [1.82, 2.24) is 20.0 Å². The van der Waals surface area contributed by atoms with Gasteiger partial charge in [-0.05, 0) is 37.6 Å². The molecule has 8 heteroatoms. The van der Waals surface area contributed by atoms with E-state index in [1.807, 2.05) is 30.3 Å². The van der Waals surface area contributed by atoms with Gasteiger partial charge in [-0.3, -0.25) is 4.90 Å². The van der Waals surface area contributed by atoms with Gasteiger partial charge in [0, 0.05) is 32.0 Å². The molecule has 1 aliphatic heterocycles. The quantitative estimate of drug-likeness (QED) is 0.537. The van der Waals surface area contributed by atoms with Gasteiger partial charge in [0.05, 0.1) is 25.3 Å². The Morgan fingerprint density at radius 3 is 2.97 bits per heavy atom. The van der Waals surface area contributed by atoms with Crippen LogP contribution in [0.15, 0.2) is 47.1 Å². The number of likely N-dealkylation sites (tertiary alicyclic amines) is 1. The average molecular weight is 409 g/mol. The fourth-order valence-electron chi connectivity index (χ4n) is 3.83. The molecule has 1 atom stereocenters. The van der Waals surface area contributed by atoms with Gasteiger partial charge in [-0.25, -0.2) is 4.98 Å². The Kier molecular flexibility index (Phi) is 6.56. The summed E-state index contributed by atoms with van der Waals surface area (Å²) in [6.07, 6.45) is 3.82. The molecule has 158 valence electrons. The van der Waals surface area contributed by atoms with Crippen LogP contribution in [-0.4, -0.2) is 53.9 Å². The summed E-state index contributed by atoms with van der Waals surface area (Å²) in [4.78, 5) is 11.5. The van der Waals surface area contributed by atoms with E-state index >= 15 is 0 Å². The van der Waals surface area contributed by atoms with Crippen LogP contribution in [0.25, 0.3) is 11.4 Å². The van der Waals surface area contributed by atoms with Crippen LogP contribution in [0.3, 0.4) is 0 Å². The fourth-order valence-corrected chi connectivity index (χ4v) is 3.83. The zero-order valence-electron chi connectivity index (χ0n) is 17.4. The lowest BCUT2D eigenvalue weighted by molar-refractivity contribution is 0.199. The number of hydrogen-bond acceptors (Lipinski definition) is 8. The van der Waals surface area contributed by atoms with Crippen LogP contribution in [0.2, 0.25) is 0 Å². The Morgan fingerprint density at radius 2 is 2.10 bits per heavy atom. The van der Waals surface area contributed by atoms with Crippen LogP contribution >= 0.6 is 0 Å². The third-order valence-electron chi connectivity index (χ3n) is 5.30. The number of nitrogens with one attached hydrogen (secondary N) is 1. The number of anilines is 1. The van der Waals surface area contributed by atoms with E-state index in [1.165, 1.54) is 0 Å². The number of benzene rings is 1. The Hall–Kier alpha value is -2.97. The van der Waals surface area contributed by atoms with Gasteiger partial charge in [0.2, 0.25) is 11.7 Å². The molecular formula is C22H27N5O3. The predicted molar refractivity (Wildman–Crippen MR) is 113 cm³/mol. The highest BCUT2D eigenvalue weighted by atomic mass is 16.5. The highest BCUT2D eigenvalue weighted by molar-refractivity contribution is 5.69. The zero-order chi connectivity index (χ0) is 20.8. The second kappa shape index (κ2) is 9.69. The van der Waals surface area contributed by atoms with Crippen molar-refractivity contribution in [1.29, 1.82) is 0 Å².